The smallest absolute Gasteiger partial charge is 0.345 e. The summed E-state index contributed by atoms with van der Waals surface area (Å²) < 4.78 is 10.4. The van der Waals surface area contributed by atoms with Gasteiger partial charge in [0.05, 0.1) is 24.2 Å². The number of fused-ring (bicyclic) bond motifs is 1. The van der Waals surface area contributed by atoms with Gasteiger partial charge in [-0.05, 0) is 55.0 Å². The van der Waals surface area contributed by atoms with E-state index in [1.54, 1.807) is 31.3 Å². The first-order valence-corrected chi connectivity index (χ1v) is 10.5. The standard InChI is InChI=1S/C26H22N2O5/c1-2-32-25(30)18-8-11-20(12-9-18)33-26(31)22-16-27-23-13-10-19(15-21(22)23)28-24(29)14-17-6-4-3-5-7-17/h3-13,15-16,27H,2,14H2,1H3,(H,28,29). The second-order valence-corrected chi connectivity index (χ2v) is 7.31. The number of ether oxygens (including phenoxy) is 2. The number of aromatic nitrogens is 1. The summed E-state index contributed by atoms with van der Waals surface area (Å²) in [4.78, 5) is 39.9. The Morgan fingerprint density at radius 2 is 1.67 bits per heavy atom. The first kappa shape index (κ1) is 21.8. The Balaban J connectivity index is 1.47. The van der Waals surface area contributed by atoms with Crippen LogP contribution >= 0.6 is 0 Å². The summed E-state index contributed by atoms with van der Waals surface area (Å²) in [6, 6.07) is 20.9. The summed E-state index contributed by atoms with van der Waals surface area (Å²) in [7, 11) is 0. The summed E-state index contributed by atoms with van der Waals surface area (Å²) in [5, 5.41) is 3.49. The quantitative estimate of drug-likeness (QED) is 0.318. The van der Waals surface area contributed by atoms with Crippen molar-refractivity contribution in [3.63, 3.8) is 0 Å². The van der Waals surface area contributed by atoms with Gasteiger partial charge in [0.1, 0.15) is 5.75 Å². The molecule has 0 saturated heterocycles. The topological polar surface area (TPSA) is 97.5 Å². The van der Waals surface area contributed by atoms with Crippen LogP contribution in [0, 0.1) is 0 Å². The van der Waals surface area contributed by atoms with E-state index in [2.05, 4.69) is 10.3 Å². The van der Waals surface area contributed by atoms with Crippen LogP contribution in [-0.4, -0.2) is 29.4 Å². The number of carbonyl (C=O) groups excluding carboxylic acids is 3. The van der Waals surface area contributed by atoms with E-state index in [9.17, 15) is 14.4 Å². The molecule has 1 amide bonds. The van der Waals surface area contributed by atoms with Gasteiger partial charge in [-0.1, -0.05) is 30.3 Å². The molecule has 0 radical (unpaired) electrons. The maximum absolute atomic E-state index is 12.8. The average molecular weight is 442 g/mol. The van der Waals surface area contributed by atoms with Crippen LogP contribution in [0.25, 0.3) is 10.9 Å². The lowest BCUT2D eigenvalue weighted by molar-refractivity contribution is -0.115. The Hall–Kier alpha value is -4.39. The summed E-state index contributed by atoms with van der Waals surface area (Å²) in [5.41, 5.74) is 2.94. The molecule has 3 aromatic carbocycles. The summed E-state index contributed by atoms with van der Waals surface area (Å²) in [6.07, 6.45) is 1.82. The lowest BCUT2D eigenvalue weighted by Crippen LogP contribution is -2.14. The molecule has 0 saturated carbocycles. The van der Waals surface area contributed by atoms with Crippen LogP contribution in [0.2, 0.25) is 0 Å². The Morgan fingerprint density at radius 1 is 0.909 bits per heavy atom. The van der Waals surface area contributed by atoms with Crippen LogP contribution in [0.4, 0.5) is 5.69 Å². The second-order valence-electron chi connectivity index (χ2n) is 7.31. The SMILES string of the molecule is CCOC(=O)c1ccc(OC(=O)c2c[nH]c3ccc(NC(=O)Cc4ccccc4)cc23)cc1. The van der Waals surface area contributed by atoms with Crippen LogP contribution in [-0.2, 0) is 16.0 Å². The minimum atomic E-state index is -0.558. The van der Waals surface area contributed by atoms with Crippen molar-refractivity contribution in [3.05, 3.63) is 95.7 Å². The fraction of sp³-hybridized carbons (Fsp3) is 0.115. The number of hydrogen-bond donors (Lipinski definition) is 2. The number of aromatic amines is 1. The highest BCUT2D eigenvalue weighted by atomic mass is 16.5. The van der Waals surface area contributed by atoms with Gasteiger partial charge in [-0.2, -0.15) is 0 Å². The molecule has 0 fully saturated rings. The molecule has 0 aliphatic carbocycles. The number of rotatable bonds is 7. The van der Waals surface area contributed by atoms with Crippen molar-refractivity contribution in [2.24, 2.45) is 0 Å². The summed E-state index contributed by atoms with van der Waals surface area (Å²) >= 11 is 0. The third kappa shape index (κ3) is 5.27. The molecule has 0 aliphatic rings. The van der Waals surface area contributed by atoms with E-state index >= 15 is 0 Å². The first-order valence-electron chi connectivity index (χ1n) is 10.5. The number of hydrogen-bond acceptors (Lipinski definition) is 5. The minimum Gasteiger partial charge on any atom is -0.462 e. The zero-order chi connectivity index (χ0) is 23.2. The number of benzene rings is 3. The number of nitrogens with one attached hydrogen (secondary N) is 2. The van der Waals surface area contributed by atoms with Crippen molar-refractivity contribution >= 4 is 34.4 Å². The van der Waals surface area contributed by atoms with E-state index in [4.69, 9.17) is 9.47 Å². The first-order chi connectivity index (χ1) is 16.0. The van der Waals surface area contributed by atoms with Gasteiger partial charge in [0.25, 0.3) is 0 Å². The zero-order valence-corrected chi connectivity index (χ0v) is 18.0. The molecular formula is C26H22N2O5. The van der Waals surface area contributed by atoms with Crippen molar-refractivity contribution in [1.82, 2.24) is 4.98 Å². The molecule has 0 spiro atoms. The maximum Gasteiger partial charge on any atom is 0.345 e. The van der Waals surface area contributed by atoms with Gasteiger partial charge in [0, 0.05) is 22.8 Å². The molecule has 1 heterocycles. The lowest BCUT2D eigenvalue weighted by atomic mass is 10.1. The Bertz CT molecular complexity index is 1290. The van der Waals surface area contributed by atoms with E-state index in [0.717, 1.165) is 11.1 Å². The van der Waals surface area contributed by atoms with E-state index in [-0.39, 0.29) is 18.9 Å². The molecule has 4 rings (SSSR count). The molecule has 0 bridgehead atoms. The predicted octanol–water partition coefficient (Wildman–Crippen LogP) is 4.75. The van der Waals surface area contributed by atoms with Gasteiger partial charge in [0.2, 0.25) is 5.91 Å². The fourth-order valence-corrected chi connectivity index (χ4v) is 3.39. The van der Waals surface area contributed by atoms with Crippen LogP contribution in [0.15, 0.2) is 79.0 Å². The van der Waals surface area contributed by atoms with Crippen molar-refractivity contribution in [3.8, 4) is 5.75 Å². The lowest BCUT2D eigenvalue weighted by Gasteiger charge is -2.07. The van der Waals surface area contributed by atoms with E-state index in [0.29, 0.717) is 28.0 Å². The number of carbonyl (C=O) groups is 3. The van der Waals surface area contributed by atoms with Crippen LogP contribution in [0.3, 0.4) is 0 Å². The number of esters is 2. The molecule has 7 nitrogen and oxygen atoms in total. The Kier molecular flexibility index (Phi) is 6.50. The Labute approximate surface area is 190 Å². The maximum atomic E-state index is 12.8. The molecule has 1 aromatic heterocycles. The second kappa shape index (κ2) is 9.82. The molecule has 7 heteroatoms. The minimum absolute atomic E-state index is 0.151. The van der Waals surface area contributed by atoms with E-state index < -0.39 is 11.9 Å². The normalized spacial score (nSPS) is 10.6. The zero-order valence-electron chi connectivity index (χ0n) is 18.0. The predicted molar refractivity (Wildman–Crippen MR) is 124 cm³/mol. The molecular weight excluding hydrogens is 420 g/mol. The third-order valence-corrected chi connectivity index (χ3v) is 4.97. The van der Waals surface area contributed by atoms with Crippen molar-refractivity contribution in [1.29, 1.82) is 0 Å². The molecule has 166 valence electrons. The molecule has 0 unspecified atom stereocenters. The largest absolute Gasteiger partial charge is 0.462 e. The number of H-pyrrole nitrogens is 1. The van der Waals surface area contributed by atoms with E-state index in [1.165, 1.54) is 24.3 Å². The molecule has 0 aliphatic heterocycles. The molecule has 4 aromatic rings. The highest BCUT2D eigenvalue weighted by Crippen LogP contribution is 2.24. The van der Waals surface area contributed by atoms with Gasteiger partial charge < -0.3 is 19.8 Å². The summed E-state index contributed by atoms with van der Waals surface area (Å²) in [6.45, 7) is 2.01. The monoisotopic (exact) mass is 442 g/mol. The fourth-order valence-electron chi connectivity index (χ4n) is 3.39. The third-order valence-electron chi connectivity index (χ3n) is 4.97. The van der Waals surface area contributed by atoms with Gasteiger partial charge in [-0.3, -0.25) is 4.79 Å². The molecule has 33 heavy (non-hydrogen) atoms. The highest BCUT2D eigenvalue weighted by Gasteiger charge is 2.16. The van der Waals surface area contributed by atoms with Crippen LogP contribution in [0.1, 0.15) is 33.2 Å². The van der Waals surface area contributed by atoms with Crippen molar-refractivity contribution < 1.29 is 23.9 Å². The van der Waals surface area contributed by atoms with Crippen LogP contribution in [0.5, 0.6) is 5.75 Å². The molecule has 0 atom stereocenters. The number of anilines is 1. The summed E-state index contributed by atoms with van der Waals surface area (Å²) in [5.74, 6) is -0.844. The van der Waals surface area contributed by atoms with Gasteiger partial charge >= 0.3 is 11.9 Å². The van der Waals surface area contributed by atoms with Crippen LogP contribution < -0.4 is 10.1 Å². The molecule has 2 N–H and O–H groups in total. The Morgan fingerprint density at radius 3 is 2.39 bits per heavy atom. The van der Waals surface area contributed by atoms with Gasteiger partial charge in [-0.25, -0.2) is 9.59 Å². The van der Waals surface area contributed by atoms with Crippen molar-refractivity contribution in [2.75, 3.05) is 11.9 Å². The average Bonchev–Trinajstić information content (AvgIpc) is 3.24. The highest BCUT2D eigenvalue weighted by molar-refractivity contribution is 6.06. The van der Waals surface area contributed by atoms with Crippen molar-refractivity contribution in [2.45, 2.75) is 13.3 Å². The van der Waals surface area contributed by atoms with E-state index in [1.807, 2.05) is 30.3 Å². The van der Waals surface area contributed by atoms with Gasteiger partial charge in [0.15, 0.2) is 0 Å². The number of amides is 1. The van der Waals surface area contributed by atoms with Gasteiger partial charge in [-0.15, -0.1) is 0 Å².